The Balaban J connectivity index is 2.99. The van der Waals surface area contributed by atoms with Crippen LogP contribution in [0.1, 0.15) is 13.8 Å². The minimum Gasteiger partial charge on any atom is -0.338 e. The van der Waals surface area contributed by atoms with Crippen molar-refractivity contribution < 1.29 is 0 Å². The first-order valence-corrected chi connectivity index (χ1v) is 3.79. The van der Waals surface area contributed by atoms with E-state index in [9.17, 15) is 0 Å². The zero-order valence-corrected chi connectivity index (χ0v) is 7.89. The van der Waals surface area contributed by atoms with Gasteiger partial charge in [0.1, 0.15) is 0 Å². The van der Waals surface area contributed by atoms with Gasteiger partial charge in [-0.1, -0.05) is 0 Å². The van der Waals surface area contributed by atoms with Gasteiger partial charge in [-0.25, -0.2) is 0 Å². The summed E-state index contributed by atoms with van der Waals surface area (Å²) in [6.45, 7) is 4.22. The molecule has 0 aromatic rings. The molecule has 0 spiro atoms. The first kappa shape index (κ1) is 7.53. The third-order valence-electron chi connectivity index (χ3n) is 2.17. The second kappa shape index (κ2) is 2.23. The van der Waals surface area contributed by atoms with Crippen LogP contribution in [0.5, 0.6) is 0 Å². The monoisotopic (exact) mass is 152 g/mol. The van der Waals surface area contributed by atoms with Gasteiger partial charge in [0.25, 0.3) is 0 Å². The Morgan fingerprint density at radius 3 is 1.40 bits per heavy atom. The van der Waals surface area contributed by atoms with Crippen molar-refractivity contribution >= 4 is 15.3 Å². The Bertz CT molecular complexity index is 188. The molecule has 0 aliphatic carbocycles. The molecule has 0 bridgehead atoms. The fourth-order valence-electron chi connectivity index (χ4n) is 1.03. The molecule has 1 heterocycles. The molecule has 2 radical (unpaired) electrons. The molecule has 1 aliphatic rings. The number of hydrogen-bond acceptors (Lipinski definition) is 2. The Hall–Kier alpha value is -0.573. The van der Waals surface area contributed by atoms with Gasteiger partial charge >= 0.3 is 0 Å². The van der Waals surface area contributed by atoms with Crippen molar-refractivity contribution in [1.29, 1.82) is 0 Å². The molecule has 0 saturated heterocycles. The molecule has 1 rings (SSSR count). The van der Waals surface area contributed by atoms with Crippen LogP contribution in [0.25, 0.3) is 0 Å². The summed E-state index contributed by atoms with van der Waals surface area (Å²) in [5, 5.41) is 0. The van der Waals surface area contributed by atoms with Crippen LogP contribution in [0.4, 0.5) is 0 Å². The van der Waals surface area contributed by atoms with Crippen LogP contribution in [0.3, 0.4) is 0 Å². The van der Waals surface area contributed by atoms with Gasteiger partial charge in [0.15, 0.2) is 0 Å². The number of rotatable bonds is 0. The summed E-state index contributed by atoms with van der Waals surface area (Å²) in [4.78, 5) is 4.23. The number of nitrogens with zero attached hydrogens (tertiary/aromatic N) is 2. The van der Waals surface area contributed by atoms with Crippen LogP contribution >= 0.6 is 0 Å². The van der Waals surface area contributed by atoms with Gasteiger partial charge in [-0.2, -0.15) is 0 Å². The summed E-state index contributed by atoms with van der Waals surface area (Å²) in [6, 6.07) is 0. The van der Waals surface area contributed by atoms with E-state index in [4.69, 9.17) is 0 Å². The predicted octanol–water partition coefficient (Wildman–Crippen LogP) is 0.371. The Labute approximate surface area is 65.2 Å². The minimum atomic E-state index is 1.11. The highest BCUT2D eigenvalue weighted by molar-refractivity contribution is 6.37. The summed E-state index contributed by atoms with van der Waals surface area (Å²) in [5.74, 6) is 0. The van der Waals surface area contributed by atoms with E-state index in [1.807, 2.05) is 14.1 Å². The molecule has 0 atom stereocenters. The highest BCUT2D eigenvalue weighted by Gasteiger charge is 2.20. The molecular weight excluding hydrogens is 140 g/mol. The van der Waals surface area contributed by atoms with E-state index in [1.54, 1.807) is 0 Å². The van der Waals surface area contributed by atoms with Crippen LogP contribution in [-0.4, -0.2) is 39.2 Å². The lowest BCUT2D eigenvalue weighted by Crippen LogP contribution is -2.30. The van der Waals surface area contributed by atoms with E-state index in [2.05, 4.69) is 33.5 Å². The largest absolute Gasteiger partial charge is 0.338 e. The third kappa shape index (κ3) is 0.813. The SMILES string of the molecule is CC1=C(C)N(C)C(=[Si])N1C. The highest BCUT2D eigenvalue weighted by Crippen LogP contribution is 2.19. The molecule has 1 aliphatic heterocycles. The first-order chi connectivity index (χ1) is 4.55. The van der Waals surface area contributed by atoms with Crippen molar-refractivity contribution in [2.24, 2.45) is 0 Å². The van der Waals surface area contributed by atoms with E-state index in [-0.39, 0.29) is 0 Å². The molecule has 0 aromatic heterocycles. The molecule has 10 heavy (non-hydrogen) atoms. The van der Waals surface area contributed by atoms with E-state index < -0.39 is 0 Å². The molecule has 2 nitrogen and oxygen atoms in total. The second-order valence-electron chi connectivity index (χ2n) is 2.61. The maximum atomic E-state index is 3.53. The third-order valence-corrected chi connectivity index (χ3v) is 2.84. The summed E-state index contributed by atoms with van der Waals surface area (Å²) in [6.07, 6.45) is 0. The van der Waals surface area contributed by atoms with Crippen molar-refractivity contribution in [3.8, 4) is 0 Å². The summed E-state index contributed by atoms with van der Waals surface area (Å²) >= 11 is 0. The molecule has 54 valence electrons. The van der Waals surface area contributed by atoms with Crippen molar-refractivity contribution in [1.82, 2.24) is 9.80 Å². The fourth-order valence-corrected chi connectivity index (χ4v) is 1.36. The van der Waals surface area contributed by atoms with Crippen molar-refractivity contribution in [2.75, 3.05) is 14.1 Å². The predicted molar refractivity (Wildman–Crippen MR) is 44.7 cm³/mol. The Kier molecular flexibility index (Phi) is 1.68. The molecule has 0 saturated carbocycles. The summed E-state index contributed by atoms with van der Waals surface area (Å²) in [5.41, 5.74) is 3.70. The van der Waals surface area contributed by atoms with E-state index in [0.717, 1.165) is 5.42 Å². The van der Waals surface area contributed by atoms with Crippen molar-refractivity contribution in [3.05, 3.63) is 11.4 Å². The lowest BCUT2D eigenvalue weighted by Gasteiger charge is -2.18. The van der Waals surface area contributed by atoms with Gasteiger partial charge in [-0.3, -0.25) is 0 Å². The highest BCUT2D eigenvalue weighted by atomic mass is 28.1. The van der Waals surface area contributed by atoms with Gasteiger partial charge in [-0.15, -0.1) is 0 Å². The van der Waals surface area contributed by atoms with Crippen molar-refractivity contribution in [2.45, 2.75) is 13.8 Å². The quantitative estimate of drug-likeness (QED) is 0.463. The molecular formula is C7H12N2Si. The molecule has 0 fully saturated rings. The topological polar surface area (TPSA) is 6.48 Å². The van der Waals surface area contributed by atoms with Crippen LogP contribution in [-0.2, 0) is 0 Å². The van der Waals surface area contributed by atoms with Crippen LogP contribution in [0.2, 0.25) is 0 Å². The standard InChI is InChI=1S/C7H12N2Si/c1-5-6(2)9(4)7(10)8(5)3/h1-4H3. The van der Waals surface area contributed by atoms with Crippen LogP contribution < -0.4 is 0 Å². The molecule has 3 heteroatoms. The first-order valence-electron chi connectivity index (χ1n) is 3.29. The van der Waals surface area contributed by atoms with Gasteiger partial charge < -0.3 is 9.80 Å². The van der Waals surface area contributed by atoms with E-state index in [1.165, 1.54) is 11.4 Å². The average Bonchev–Trinajstić information content (AvgIpc) is 2.07. The lowest BCUT2D eigenvalue weighted by atomic mass is 10.4. The molecule has 0 N–H and O–H groups in total. The average molecular weight is 152 g/mol. The zero-order chi connectivity index (χ0) is 7.89. The summed E-state index contributed by atoms with van der Waals surface area (Å²) in [7, 11) is 7.62. The zero-order valence-electron chi connectivity index (χ0n) is 6.89. The molecule has 0 unspecified atom stereocenters. The fraction of sp³-hybridized carbons (Fsp3) is 0.571. The van der Waals surface area contributed by atoms with Gasteiger partial charge in [0.05, 0.1) is 15.3 Å². The van der Waals surface area contributed by atoms with Gasteiger partial charge in [-0.05, 0) is 13.8 Å². The lowest BCUT2D eigenvalue weighted by molar-refractivity contribution is 0.592. The van der Waals surface area contributed by atoms with Gasteiger partial charge in [0.2, 0.25) is 0 Å². The van der Waals surface area contributed by atoms with E-state index in [0.29, 0.717) is 0 Å². The number of hydrogen-bond donors (Lipinski definition) is 0. The van der Waals surface area contributed by atoms with Crippen LogP contribution in [0, 0.1) is 0 Å². The van der Waals surface area contributed by atoms with Gasteiger partial charge in [0, 0.05) is 25.5 Å². The Morgan fingerprint density at radius 2 is 1.30 bits per heavy atom. The van der Waals surface area contributed by atoms with E-state index >= 15 is 0 Å². The van der Waals surface area contributed by atoms with Crippen LogP contribution in [0.15, 0.2) is 11.4 Å². The smallest absolute Gasteiger partial charge is 0.0910 e. The minimum absolute atomic E-state index is 1.11. The van der Waals surface area contributed by atoms with Crippen molar-refractivity contribution in [3.63, 3.8) is 0 Å². The molecule has 0 amide bonds. The second-order valence-corrected chi connectivity index (χ2v) is 3.06. The number of allylic oxidation sites excluding steroid dienone is 2. The molecule has 0 aromatic carbocycles. The summed E-state index contributed by atoms with van der Waals surface area (Å²) < 4.78 is 0. The maximum Gasteiger partial charge on any atom is 0.0910 e. The Morgan fingerprint density at radius 1 is 1.00 bits per heavy atom. The normalized spacial score (nSPS) is 19.4. The maximum absolute atomic E-state index is 3.53.